The van der Waals surface area contributed by atoms with Crippen LogP contribution in [0.1, 0.15) is 54.9 Å². The van der Waals surface area contributed by atoms with Crippen LogP contribution >= 0.6 is 0 Å². The SMILES string of the molecule is CCN1CCC(NC/C(=C\c2ccc(C(=O)NOC3CCCCO3)cc2)COc2cccc3ccccc23)CC1. The number of ether oxygens (including phenoxy) is 2. The standard InChI is InChI=1S/C33H41N3O4/c1-2-36-19-17-29(18-20-36)34-23-26(24-39-31-11-7-9-27-8-3-4-10-30(27)31)22-25-13-15-28(16-14-25)33(37)35-40-32-12-5-6-21-38-32/h3-4,7-11,13-16,22,29,32,34H,2,5-6,12,17-21,23-24H2,1H3,(H,35,37)/b26-22+. The smallest absolute Gasteiger partial charge is 0.274 e. The highest BCUT2D eigenvalue weighted by Crippen LogP contribution is 2.26. The monoisotopic (exact) mass is 543 g/mol. The van der Waals surface area contributed by atoms with E-state index in [4.69, 9.17) is 14.3 Å². The molecule has 2 N–H and O–H groups in total. The minimum absolute atomic E-state index is 0.274. The van der Waals surface area contributed by atoms with Gasteiger partial charge < -0.3 is 19.7 Å². The van der Waals surface area contributed by atoms with Crippen molar-refractivity contribution in [1.82, 2.24) is 15.7 Å². The fourth-order valence-electron chi connectivity index (χ4n) is 5.31. The molecular weight excluding hydrogens is 502 g/mol. The Labute approximate surface area is 237 Å². The number of amides is 1. The number of hydrogen-bond donors (Lipinski definition) is 2. The molecule has 2 aliphatic rings. The Morgan fingerprint density at radius 1 is 1.00 bits per heavy atom. The number of carbonyl (C=O) groups is 1. The number of benzene rings is 3. The molecule has 40 heavy (non-hydrogen) atoms. The van der Waals surface area contributed by atoms with E-state index in [9.17, 15) is 4.79 Å². The Hall–Kier alpha value is -3.23. The normalized spacial score (nSPS) is 19.0. The van der Waals surface area contributed by atoms with Gasteiger partial charge in [0.15, 0.2) is 6.29 Å². The average Bonchev–Trinajstić information content (AvgIpc) is 3.02. The molecule has 2 heterocycles. The minimum Gasteiger partial charge on any atom is -0.489 e. The quantitative estimate of drug-likeness (QED) is 0.309. The van der Waals surface area contributed by atoms with Crippen LogP contribution < -0.4 is 15.5 Å². The molecule has 7 heteroatoms. The number of carbonyl (C=O) groups excluding carboxylic acids is 1. The largest absolute Gasteiger partial charge is 0.489 e. The van der Waals surface area contributed by atoms with E-state index >= 15 is 0 Å². The molecule has 5 rings (SSSR count). The van der Waals surface area contributed by atoms with Crippen molar-refractivity contribution in [3.8, 4) is 5.75 Å². The van der Waals surface area contributed by atoms with Gasteiger partial charge in [-0.1, -0.05) is 61.5 Å². The molecular formula is C33H41N3O4. The van der Waals surface area contributed by atoms with Crippen LogP contribution in [0, 0.1) is 0 Å². The third kappa shape index (κ3) is 7.92. The lowest BCUT2D eigenvalue weighted by Crippen LogP contribution is -2.43. The summed E-state index contributed by atoms with van der Waals surface area (Å²) in [5.74, 6) is 0.610. The van der Waals surface area contributed by atoms with Crippen molar-refractivity contribution in [3.63, 3.8) is 0 Å². The summed E-state index contributed by atoms with van der Waals surface area (Å²) in [6, 6.07) is 22.5. The zero-order valence-electron chi connectivity index (χ0n) is 23.4. The van der Waals surface area contributed by atoms with Crippen LogP contribution in [-0.4, -0.2) is 62.5 Å². The van der Waals surface area contributed by atoms with Crippen molar-refractivity contribution in [2.75, 3.05) is 39.4 Å². The van der Waals surface area contributed by atoms with Crippen LogP contribution in [-0.2, 0) is 9.57 Å². The number of nitrogens with one attached hydrogen (secondary N) is 2. The Kier molecular flexibility index (Phi) is 10.2. The van der Waals surface area contributed by atoms with Gasteiger partial charge in [-0.05, 0) is 80.0 Å². The van der Waals surface area contributed by atoms with Crippen molar-refractivity contribution in [2.24, 2.45) is 0 Å². The van der Waals surface area contributed by atoms with Crippen molar-refractivity contribution in [2.45, 2.75) is 51.4 Å². The maximum absolute atomic E-state index is 12.6. The van der Waals surface area contributed by atoms with E-state index in [0.29, 0.717) is 24.8 Å². The highest BCUT2D eigenvalue weighted by atomic mass is 16.8. The Bertz CT molecular complexity index is 1260. The second-order valence-electron chi connectivity index (χ2n) is 10.6. The van der Waals surface area contributed by atoms with Gasteiger partial charge in [-0.3, -0.25) is 4.79 Å². The Morgan fingerprint density at radius 2 is 1.80 bits per heavy atom. The van der Waals surface area contributed by atoms with Gasteiger partial charge in [-0.25, -0.2) is 10.3 Å². The lowest BCUT2D eigenvalue weighted by Gasteiger charge is -2.31. The molecule has 2 aliphatic heterocycles. The molecule has 3 aromatic rings. The van der Waals surface area contributed by atoms with Crippen LogP contribution in [0.2, 0.25) is 0 Å². The predicted octanol–water partition coefficient (Wildman–Crippen LogP) is 5.56. The summed E-state index contributed by atoms with van der Waals surface area (Å²) in [5, 5.41) is 6.05. The first kappa shape index (κ1) is 28.3. The molecule has 7 nitrogen and oxygen atoms in total. The summed E-state index contributed by atoms with van der Waals surface area (Å²) >= 11 is 0. The molecule has 0 aromatic heterocycles. The summed E-state index contributed by atoms with van der Waals surface area (Å²) in [7, 11) is 0. The number of likely N-dealkylation sites (tertiary alicyclic amines) is 1. The maximum atomic E-state index is 12.6. The summed E-state index contributed by atoms with van der Waals surface area (Å²) in [4.78, 5) is 20.5. The molecule has 2 saturated heterocycles. The summed E-state index contributed by atoms with van der Waals surface area (Å²) < 4.78 is 11.9. The third-order valence-electron chi connectivity index (χ3n) is 7.78. The molecule has 1 atom stereocenters. The van der Waals surface area contributed by atoms with Gasteiger partial charge in [0.05, 0.1) is 0 Å². The van der Waals surface area contributed by atoms with E-state index in [2.05, 4.69) is 46.9 Å². The molecule has 1 unspecified atom stereocenters. The van der Waals surface area contributed by atoms with Crippen LogP contribution in [0.4, 0.5) is 0 Å². The van der Waals surface area contributed by atoms with Gasteiger partial charge in [0, 0.05) is 36.6 Å². The fourth-order valence-corrected chi connectivity index (χ4v) is 5.31. The van der Waals surface area contributed by atoms with E-state index in [1.807, 2.05) is 48.5 Å². The van der Waals surface area contributed by atoms with E-state index < -0.39 is 0 Å². The van der Waals surface area contributed by atoms with Gasteiger partial charge in [-0.15, -0.1) is 0 Å². The van der Waals surface area contributed by atoms with Gasteiger partial charge in [0.1, 0.15) is 12.4 Å². The molecule has 3 aromatic carbocycles. The van der Waals surface area contributed by atoms with Crippen LogP contribution in [0.25, 0.3) is 16.8 Å². The minimum atomic E-state index is -0.370. The van der Waals surface area contributed by atoms with Crippen LogP contribution in [0.15, 0.2) is 72.3 Å². The van der Waals surface area contributed by atoms with Gasteiger partial charge in [0.2, 0.25) is 0 Å². The second kappa shape index (κ2) is 14.4. The van der Waals surface area contributed by atoms with Crippen molar-refractivity contribution >= 4 is 22.8 Å². The van der Waals surface area contributed by atoms with Crippen molar-refractivity contribution in [1.29, 1.82) is 0 Å². The third-order valence-corrected chi connectivity index (χ3v) is 7.78. The number of hydrogen-bond acceptors (Lipinski definition) is 6. The highest BCUT2D eigenvalue weighted by molar-refractivity contribution is 5.93. The van der Waals surface area contributed by atoms with Crippen LogP contribution in [0.5, 0.6) is 5.75 Å². The topological polar surface area (TPSA) is 72.1 Å². The van der Waals surface area contributed by atoms with E-state index in [0.717, 1.165) is 80.6 Å². The summed E-state index contributed by atoms with van der Waals surface area (Å²) in [5.41, 5.74) is 5.25. The van der Waals surface area contributed by atoms with E-state index in [1.54, 1.807) is 0 Å². The summed E-state index contributed by atoms with van der Waals surface area (Å²) in [6.07, 6.45) is 6.97. The Morgan fingerprint density at radius 3 is 2.58 bits per heavy atom. The molecule has 0 aliphatic carbocycles. The molecule has 0 spiro atoms. The van der Waals surface area contributed by atoms with E-state index in [1.165, 1.54) is 5.39 Å². The predicted molar refractivity (Wildman–Crippen MR) is 159 cm³/mol. The van der Waals surface area contributed by atoms with Gasteiger partial charge in [0.25, 0.3) is 5.91 Å². The number of fused-ring (bicyclic) bond motifs is 1. The zero-order chi connectivity index (χ0) is 27.6. The number of rotatable bonds is 11. The average molecular weight is 544 g/mol. The van der Waals surface area contributed by atoms with E-state index in [-0.39, 0.29) is 12.2 Å². The number of piperidine rings is 1. The van der Waals surface area contributed by atoms with Gasteiger partial charge in [-0.2, -0.15) is 0 Å². The van der Waals surface area contributed by atoms with Crippen molar-refractivity contribution in [3.05, 3.63) is 83.4 Å². The van der Waals surface area contributed by atoms with Crippen molar-refractivity contribution < 1.29 is 19.1 Å². The maximum Gasteiger partial charge on any atom is 0.274 e. The summed E-state index contributed by atoms with van der Waals surface area (Å²) in [6.45, 7) is 7.52. The lowest BCUT2D eigenvalue weighted by molar-refractivity contribution is -0.186. The first-order valence-electron chi connectivity index (χ1n) is 14.6. The Balaban J connectivity index is 1.24. The molecule has 0 bridgehead atoms. The lowest BCUT2D eigenvalue weighted by atomic mass is 10.0. The highest BCUT2D eigenvalue weighted by Gasteiger charge is 2.18. The zero-order valence-corrected chi connectivity index (χ0v) is 23.4. The molecule has 0 saturated carbocycles. The molecule has 0 radical (unpaired) electrons. The fraction of sp³-hybridized carbons (Fsp3) is 0.424. The molecule has 1 amide bonds. The van der Waals surface area contributed by atoms with Crippen LogP contribution in [0.3, 0.4) is 0 Å². The second-order valence-corrected chi connectivity index (χ2v) is 10.6. The first-order valence-corrected chi connectivity index (χ1v) is 14.6. The first-order chi connectivity index (χ1) is 19.7. The number of hydroxylamine groups is 1. The molecule has 212 valence electrons. The molecule has 2 fully saturated rings. The number of nitrogens with zero attached hydrogens (tertiary/aromatic N) is 1. The van der Waals surface area contributed by atoms with Gasteiger partial charge >= 0.3 is 0 Å².